The van der Waals surface area contributed by atoms with Crippen molar-refractivity contribution in [2.75, 3.05) is 24.9 Å². The molecule has 2 amide bonds. The Morgan fingerprint density at radius 3 is 1.88 bits per heavy atom. The molecule has 0 aliphatic heterocycles. The second kappa shape index (κ2) is 10.5. The lowest BCUT2D eigenvalue weighted by atomic mass is 10.1. The summed E-state index contributed by atoms with van der Waals surface area (Å²) in [5, 5.41) is 5.63. The zero-order valence-electron chi connectivity index (χ0n) is 19.4. The van der Waals surface area contributed by atoms with Gasteiger partial charge < -0.3 is 24.8 Å². The summed E-state index contributed by atoms with van der Waals surface area (Å²) in [6.07, 6.45) is -0.751. The molecule has 0 aliphatic carbocycles. The average molecular weight is 449 g/mol. The van der Waals surface area contributed by atoms with Crippen LogP contribution in [0.25, 0.3) is 0 Å². The van der Waals surface area contributed by atoms with Crippen LogP contribution in [0.5, 0.6) is 17.2 Å². The predicted molar refractivity (Wildman–Crippen MR) is 129 cm³/mol. The molecule has 0 aromatic heterocycles. The molecule has 0 bridgehead atoms. The molecule has 3 aromatic carbocycles. The van der Waals surface area contributed by atoms with Gasteiger partial charge in [0.1, 0.15) is 17.2 Å². The highest BCUT2D eigenvalue weighted by molar-refractivity contribution is 6.05. The molecule has 0 fully saturated rings. The van der Waals surface area contributed by atoms with Gasteiger partial charge in [0.15, 0.2) is 6.10 Å². The van der Waals surface area contributed by atoms with Crippen LogP contribution in [-0.4, -0.2) is 32.1 Å². The Morgan fingerprint density at radius 1 is 0.788 bits per heavy atom. The van der Waals surface area contributed by atoms with Gasteiger partial charge in [0.25, 0.3) is 11.8 Å². The van der Waals surface area contributed by atoms with Crippen molar-refractivity contribution in [1.82, 2.24) is 0 Å². The summed E-state index contributed by atoms with van der Waals surface area (Å²) >= 11 is 0. The van der Waals surface area contributed by atoms with Crippen LogP contribution in [0.1, 0.15) is 28.4 Å². The minimum atomic E-state index is -0.751. The van der Waals surface area contributed by atoms with Gasteiger partial charge in [-0.1, -0.05) is 24.3 Å². The average Bonchev–Trinajstić information content (AvgIpc) is 2.79. The van der Waals surface area contributed by atoms with E-state index in [9.17, 15) is 9.59 Å². The molecule has 0 heterocycles. The van der Waals surface area contributed by atoms with Crippen molar-refractivity contribution in [2.24, 2.45) is 0 Å². The number of carbonyl (C=O) groups is 2. The van der Waals surface area contributed by atoms with E-state index in [4.69, 9.17) is 14.2 Å². The van der Waals surface area contributed by atoms with Crippen LogP contribution in [0.2, 0.25) is 0 Å². The summed E-state index contributed by atoms with van der Waals surface area (Å²) in [5.74, 6) is 0.724. The Balaban J connectivity index is 1.78. The molecule has 3 aromatic rings. The van der Waals surface area contributed by atoms with Crippen LogP contribution in [-0.2, 0) is 4.79 Å². The fourth-order valence-electron chi connectivity index (χ4n) is 3.37. The number of hydrogen-bond acceptors (Lipinski definition) is 5. The van der Waals surface area contributed by atoms with Crippen molar-refractivity contribution in [3.8, 4) is 17.2 Å². The molecule has 172 valence electrons. The number of hydrogen-bond donors (Lipinski definition) is 2. The Kier molecular flexibility index (Phi) is 7.56. The SMILES string of the molecule is COc1cc(NC(=O)C(C)Oc2cc(C)cc(C)c2)c(OC)cc1NC(=O)c1ccccc1. The van der Waals surface area contributed by atoms with Gasteiger partial charge in [-0.3, -0.25) is 9.59 Å². The van der Waals surface area contributed by atoms with Crippen molar-refractivity contribution < 1.29 is 23.8 Å². The number of carbonyl (C=O) groups excluding carboxylic acids is 2. The number of amides is 2. The summed E-state index contributed by atoms with van der Waals surface area (Å²) in [6, 6.07) is 17.8. The van der Waals surface area contributed by atoms with E-state index in [-0.39, 0.29) is 11.8 Å². The van der Waals surface area contributed by atoms with Gasteiger partial charge in [-0.15, -0.1) is 0 Å². The third-order valence-electron chi connectivity index (χ3n) is 4.94. The highest BCUT2D eigenvalue weighted by Crippen LogP contribution is 2.37. The number of anilines is 2. The smallest absolute Gasteiger partial charge is 0.265 e. The molecule has 0 radical (unpaired) electrons. The molecule has 0 aliphatic rings. The minimum Gasteiger partial charge on any atom is -0.494 e. The summed E-state index contributed by atoms with van der Waals surface area (Å²) < 4.78 is 16.7. The first-order valence-corrected chi connectivity index (χ1v) is 10.5. The van der Waals surface area contributed by atoms with Gasteiger partial charge in [-0.05, 0) is 56.2 Å². The quantitative estimate of drug-likeness (QED) is 0.508. The summed E-state index contributed by atoms with van der Waals surface area (Å²) in [5.41, 5.74) is 3.43. The molecule has 7 heteroatoms. The van der Waals surface area contributed by atoms with E-state index < -0.39 is 6.10 Å². The Labute approximate surface area is 193 Å². The van der Waals surface area contributed by atoms with Gasteiger partial charge in [-0.25, -0.2) is 0 Å². The number of rotatable bonds is 8. The Morgan fingerprint density at radius 2 is 1.33 bits per heavy atom. The lowest BCUT2D eigenvalue weighted by molar-refractivity contribution is -0.122. The Bertz CT molecular complexity index is 1120. The first kappa shape index (κ1) is 23.7. The standard InChI is InChI=1S/C26H28N2O5/c1-16-11-17(2)13-20(12-16)33-18(3)25(29)27-21-14-24(32-5)22(15-23(21)31-4)28-26(30)19-9-7-6-8-10-19/h6-15,18H,1-5H3,(H,27,29)(H,28,30). The Hall–Kier alpha value is -4.00. The van der Waals surface area contributed by atoms with Crippen molar-refractivity contribution in [2.45, 2.75) is 26.9 Å². The summed E-state index contributed by atoms with van der Waals surface area (Å²) in [4.78, 5) is 25.4. The highest BCUT2D eigenvalue weighted by Gasteiger charge is 2.20. The highest BCUT2D eigenvalue weighted by atomic mass is 16.5. The van der Waals surface area contributed by atoms with Crippen LogP contribution in [0.15, 0.2) is 60.7 Å². The van der Waals surface area contributed by atoms with Gasteiger partial charge in [0, 0.05) is 17.7 Å². The number of aryl methyl sites for hydroxylation is 2. The van der Waals surface area contributed by atoms with E-state index in [0.717, 1.165) is 11.1 Å². The maximum absolute atomic E-state index is 12.8. The van der Waals surface area contributed by atoms with Crippen LogP contribution in [0.3, 0.4) is 0 Å². The van der Waals surface area contributed by atoms with E-state index in [1.807, 2.05) is 38.1 Å². The monoisotopic (exact) mass is 448 g/mol. The normalized spacial score (nSPS) is 11.3. The first-order chi connectivity index (χ1) is 15.8. The van der Waals surface area contributed by atoms with Gasteiger partial charge in [-0.2, -0.15) is 0 Å². The van der Waals surface area contributed by atoms with Crippen LogP contribution in [0, 0.1) is 13.8 Å². The molecular weight excluding hydrogens is 420 g/mol. The number of ether oxygens (including phenoxy) is 3. The van der Waals surface area contributed by atoms with Crippen LogP contribution in [0.4, 0.5) is 11.4 Å². The molecule has 33 heavy (non-hydrogen) atoms. The maximum Gasteiger partial charge on any atom is 0.265 e. The van der Waals surface area contributed by atoms with Crippen LogP contribution >= 0.6 is 0 Å². The molecule has 0 saturated heterocycles. The van der Waals surface area contributed by atoms with Gasteiger partial charge in [0.2, 0.25) is 0 Å². The molecule has 2 N–H and O–H groups in total. The molecule has 7 nitrogen and oxygen atoms in total. The first-order valence-electron chi connectivity index (χ1n) is 10.5. The second-order valence-corrected chi connectivity index (χ2v) is 7.65. The molecular formula is C26H28N2O5. The van der Waals surface area contributed by atoms with Gasteiger partial charge in [0.05, 0.1) is 25.6 Å². The number of nitrogens with one attached hydrogen (secondary N) is 2. The van der Waals surface area contributed by atoms with E-state index >= 15 is 0 Å². The van der Waals surface area contributed by atoms with E-state index in [2.05, 4.69) is 10.6 Å². The van der Waals surface area contributed by atoms with E-state index in [0.29, 0.717) is 34.2 Å². The molecule has 3 rings (SSSR count). The van der Waals surface area contributed by atoms with Crippen LogP contribution < -0.4 is 24.8 Å². The number of benzene rings is 3. The van der Waals surface area contributed by atoms with Crippen molar-refractivity contribution >= 4 is 23.2 Å². The maximum atomic E-state index is 12.8. The van der Waals surface area contributed by atoms with Crippen molar-refractivity contribution in [3.63, 3.8) is 0 Å². The topological polar surface area (TPSA) is 85.9 Å². The third kappa shape index (κ3) is 6.04. The van der Waals surface area contributed by atoms with Gasteiger partial charge >= 0.3 is 0 Å². The lowest BCUT2D eigenvalue weighted by Crippen LogP contribution is -2.30. The predicted octanol–water partition coefficient (Wildman–Crippen LogP) is 4.98. The molecule has 0 spiro atoms. The molecule has 0 saturated carbocycles. The zero-order valence-corrected chi connectivity index (χ0v) is 19.4. The lowest BCUT2D eigenvalue weighted by Gasteiger charge is -2.19. The minimum absolute atomic E-state index is 0.289. The fourth-order valence-corrected chi connectivity index (χ4v) is 3.37. The molecule has 1 unspecified atom stereocenters. The van der Waals surface area contributed by atoms with E-state index in [1.54, 1.807) is 43.3 Å². The zero-order chi connectivity index (χ0) is 24.0. The second-order valence-electron chi connectivity index (χ2n) is 7.65. The largest absolute Gasteiger partial charge is 0.494 e. The fraction of sp³-hybridized carbons (Fsp3) is 0.231. The van der Waals surface area contributed by atoms with Crippen molar-refractivity contribution in [3.05, 3.63) is 77.4 Å². The third-order valence-corrected chi connectivity index (χ3v) is 4.94. The van der Waals surface area contributed by atoms with Crippen molar-refractivity contribution in [1.29, 1.82) is 0 Å². The number of methoxy groups -OCH3 is 2. The summed E-state index contributed by atoms with van der Waals surface area (Å²) in [6.45, 7) is 5.62. The molecule has 1 atom stereocenters. The van der Waals surface area contributed by atoms with E-state index in [1.165, 1.54) is 14.2 Å². The summed E-state index contributed by atoms with van der Waals surface area (Å²) in [7, 11) is 2.97.